The van der Waals surface area contributed by atoms with Crippen molar-refractivity contribution in [2.45, 2.75) is 24.5 Å². The maximum atomic E-state index is 11.4. The number of aromatic nitrogens is 1. The van der Waals surface area contributed by atoms with Crippen LogP contribution in [0.2, 0.25) is 0 Å². The molecule has 3 atom stereocenters. The van der Waals surface area contributed by atoms with Crippen LogP contribution in [0.15, 0.2) is 24.4 Å². The minimum Gasteiger partial charge on any atom is -0.372 e. The first-order valence-electron chi connectivity index (χ1n) is 8.53. The van der Waals surface area contributed by atoms with Crippen molar-refractivity contribution < 1.29 is 17.3 Å². The van der Waals surface area contributed by atoms with E-state index in [0.717, 1.165) is 31.2 Å². The van der Waals surface area contributed by atoms with Gasteiger partial charge < -0.3 is 9.72 Å². The molecule has 0 bridgehead atoms. The first kappa shape index (κ1) is 17.0. The highest BCUT2D eigenvalue weighted by Gasteiger charge is 2.51. The number of H-pyrrole nitrogens is 1. The fourth-order valence-corrected chi connectivity index (χ4v) is 5.21. The standard InChI is InChI=1S/C18H24N2O4S/c1-20-10-12(11-24-25(3,21)22)8-18(23-2)14-5-4-6-15-17(14)13(9-19-15)7-16(18)20/h4-6,9,12,16,19H,7-8,10-11H2,1-3H3/t12-,16-,18+/m1/s1. The van der Waals surface area contributed by atoms with E-state index in [1.54, 1.807) is 7.11 Å². The molecule has 7 heteroatoms. The van der Waals surface area contributed by atoms with E-state index in [4.69, 9.17) is 8.92 Å². The lowest BCUT2D eigenvalue weighted by molar-refractivity contribution is -0.129. The van der Waals surface area contributed by atoms with Gasteiger partial charge in [-0.1, -0.05) is 12.1 Å². The lowest BCUT2D eigenvalue weighted by Crippen LogP contribution is -2.59. The molecule has 1 aliphatic heterocycles. The number of ether oxygens (including phenoxy) is 1. The molecule has 0 unspecified atom stereocenters. The molecule has 2 aromatic rings. The van der Waals surface area contributed by atoms with Crippen LogP contribution < -0.4 is 0 Å². The zero-order chi connectivity index (χ0) is 17.8. The van der Waals surface area contributed by atoms with E-state index in [0.29, 0.717) is 0 Å². The molecule has 136 valence electrons. The van der Waals surface area contributed by atoms with Gasteiger partial charge in [-0.05, 0) is 43.0 Å². The Morgan fingerprint density at radius 2 is 2.20 bits per heavy atom. The van der Waals surface area contributed by atoms with Crippen molar-refractivity contribution >= 4 is 21.0 Å². The van der Waals surface area contributed by atoms with E-state index < -0.39 is 15.7 Å². The van der Waals surface area contributed by atoms with Crippen LogP contribution >= 0.6 is 0 Å². The Morgan fingerprint density at radius 3 is 2.92 bits per heavy atom. The maximum Gasteiger partial charge on any atom is 0.264 e. The largest absolute Gasteiger partial charge is 0.372 e. The molecule has 1 aromatic carbocycles. The van der Waals surface area contributed by atoms with E-state index >= 15 is 0 Å². The number of likely N-dealkylation sites (N-methyl/N-ethyl adjacent to an activating group) is 1. The van der Waals surface area contributed by atoms with Gasteiger partial charge in [0.15, 0.2) is 0 Å². The summed E-state index contributed by atoms with van der Waals surface area (Å²) in [5.41, 5.74) is 3.18. The van der Waals surface area contributed by atoms with Crippen molar-refractivity contribution in [3.8, 4) is 0 Å². The second-order valence-electron chi connectivity index (χ2n) is 7.35. The number of benzene rings is 1. The van der Waals surface area contributed by atoms with Gasteiger partial charge in [0.2, 0.25) is 0 Å². The van der Waals surface area contributed by atoms with Gasteiger partial charge in [-0.3, -0.25) is 9.08 Å². The highest BCUT2D eigenvalue weighted by atomic mass is 32.2. The molecule has 2 heterocycles. The van der Waals surface area contributed by atoms with Crippen molar-refractivity contribution in [1.82, 2.24) is 9.88 Å². The number of hydrogen-bond donors (Lipinski definition) is 1. The van der Waals surface area contributed by atoms with Crippen LogP contribution in [0.5, 0.6) is 0 Å². The van der Waals surface area contributed by atoms with Crippen molar-refractivity contribution in [3.63, 3.8) is 0 Å². The van der Waals surface area contributed by atoms with Gasteiger partial charge in [0.25, 0.3) is 10.1 Å². The van der Waals surface area contributed by atoms with Gasteiger partial charge >= 0.3 is 0 Å². The van der Waals surface area contributed by atoms with Crippen LogP contribution in [0.3, 0.4) is 0 Å². The van der Waals surface area contributed by atoms with Crippen LogP contribution in [0.25, 0.3) is 10.9 Å². The second-order valence-corrected chi connectivity index (χ2v) is 9.00. The third-order valence-corrected chi connectivity index (χ3v) is 6.31. The molecule has 6 nitrogen and oxygen atoms in total. The third kappa shape index (κ3) is 2.70. The van der Waals surface area contributed by atoms with Gasteiger partial charge in [0.05, 0.1) is 12.9 Å². The van der Waals surface area contributed by atoms with Crippen molar-refractivity contribution in [2.75, 3.05) is 33.6 Å². The number of nitrogens with zero attached hydrogens (tertiary/aromatic N) is 1. The molecular weight excluding hydrogens is 340 g/mol. The van der Waals surface area contributed by atoms with E-state index in [1.165, 1.54) is 16.5 Å². The zero-order valence-corrected chi connectivity index (χ0v) is 15.6. The molecule has 1 N–H and O–H groups in total. The predicted molar refractivity (Wildman–Crippen MR) is 96.0 cm³/mol. The number of likely N-dealkylation sites (tertiary alicyclic amines) is 1. The summed E-state index contributed by atoms with van der Waals surface area (Å²) in [5.74, 6) is 0.0895. The number of fused-ring (bicyclic) bond motifs is 2. The number of hydrogen-bond acceptors (Lipinski definition) is 5. The monoisotopic (exact) mass is 364 g/mol. The molecule has 2 aliphatic rings. The summed E-state index contributed by atoms with van der Waals surface area (Å²) in [5, 5.41) is 1.25. The Balaban J connectivity index is 1.77. The number of methoxy groups -OCH3 is 1. The van der Waals surface area contributed by atoms with Crippen molar-refractivity contribution in [2.24, 2.45) is 5.92 Å². The Kier molecular flexibility index (Phi) is 3.95. The van der Waals surface area contributed by atoms with Crippen LogP contribution in [0.4, 0.5) is 0 Å². The second kappa shape index (κ2) is 5.81. The smallest absolute Gasteiger partial charge is 0.264 e. The Hall–Kier alpha value is -1.41. The number of rotatable bonds is 4. The summed E-state index contributed by atoms with van der Waals surface area (Å²) in [4.78, 5) is 5.65. The van der Waals surface area contributed by atoms with Crippen LogP contribution in [0, 0.1) is 5.92 Å². The first-order valence-corrected chi connectivity index (χ1v) is 10.3. The van der Waals surface area contributed by atoms with E-state index in [-0.39, 0.29) is 18.6 Å². The summed E-state index contributed by atoms with van der Waals surface area (Å²) in [6, 6.07) is 6.50. The van der Waals surface area contributed by atoms with E-state index in [1.807, 2.05) is 0 Å². The van der Waals surface area contributed by atoms with Gasteiger partial charge in [0.1, 0.15) is 5.60 Å². The number of piperidine rings is 1. The highest BCUT2D eigenvalue weighted by molar-refractivity contribution is 7.85. The first-order chi connectivity index (χ1) is 11.8. The molecule has 1 fully saturated rings. The van der Waals surface area contributed by atoms with Gasteiger partial charge in [0, 0.05) is 36.8 Å². The molecule has 25 heavy (non-hydrogen) atoms. The maximum absolute atomic E-state index is 11.4. The van der Waals surface area contributed by atoms with Gasteiger partial charge in [-0.2, -0.15) is 8.42 Å². The minimum absolute atomic E-state index is 0.0895. The highest BCUT2D eigenvalue weighted by Crippen LogP contribution is 2.49. The molecule has 0 amide bonds. The Morgan fingerprint density at radius 1 is 1.40 bits per heavy atom. The molecule has 1 saturated heterocycles. The number of aromatic amines is 1. The molecule has 0 radical (unpaired) electrons. The molecule has 1 aromatic heterocycles. The fraction of sp³-hybridized carbons (Fsp3) is 0.556. The summed E-state index contributed by atoms with van der Waals surface area (Å²) < 4.78 is 34.1. The molecular formula is C18H24N2O4S. The molecule has 0 saturated carbocycles. The number of nitrogens with one attached hydrogen (secondary N) is 1. The average molecular weight is 364 g/mol. The van der Waals surface area contributed by atoms with Crippen LogP contribution in [0.1, 0.15) is 17.5 Å². The lowest BCUT2D eigenvalue weighted by atomic mass is 9.69. The topological polar surface area (TPSA) is 71.6 Å². The third-order valence-electron chi connectivity index (χ3n) is 5.75. The van der Waals surface area contributed by atoms with Crippen LogP contribution in [-0.2, 0) is 31.1 Å². The normalized spacial score (nSPS) is 29.7. The average Bonchev–Trinajstić information content (AvgIpc) is 2.98. The predicted octanol–water partition coefficient (Wildman–Crippen LogP) is 1.86. The zero-order valence-electron chi connectivity index (χ0n) is 14.8. The molecule has 4 rings (SSSR count). The van der Waals surface area contributed by atoms with Crippen LogP contribution in [-0.4, -0.2) is 57.9 Å². The minimum atomic E-state index is -3.44. The summed E-state index contributed by atoms with van der Waals surface area (Å²) in [6.07, 6.45) is 4.86. The van der Waals surface area contributed by atoms with Crippen molar-refractivity contribution in [3.05, 3.63) is 35.5 Å². The summed E-state index contributed by atoms with van der Waals surface area (Å²) >= 11 is 0. The van der Waals surface area contributed by atoms with Gasteiger partial charge in [-0.25, -0.2) is 0 Å². The molecule has 1 aliphatic carbocycles. The van der Waals surface area contributed by atoms with E-state index in [2.05, 4.69) is 41.3 Å². The fourth-order valence-electron chi connectivity index (χ4n) is 4.77. The Labute approximate surface area is 148 Å². The van der Waals surface area contributed by atoms with Crippen molar-refractivity contribution in [1.29, 1.82) is 0 Å². The van der Waals surface area contributed by atoms with E-state index in [9.17, 15) is 8.42 Å². The lowest BCUT2D eigenvalue weighted by Gasteiger charge is -2.53. The SMILES string of the molecule is CO[C@]12C[C@@H](COS(C)(=O)=O)CN(C)[C@@H]1Cc1c[nH]c3cccc2c13. The Bertz CT molecular complexity index is 907. The summed E-state index contributed by atoms with van der Waals surface area (Å²) in [6.45, 7) is 0.984. The van der Waals surface area contributed by atoms with Gasteiger partial charge in [-0.15, -0.1) is 0 Å². The molecule has 0 spiro atoms. The quantitative estimate of drug-likeness (QED) is 0.839. The summed E-state index contributed by atoms with van der Waals surface area (Å²) in [7, 11) is 0.406.